The predicted molar refractivity (Wildman–Crippen MR) is 43.0 cm³/mol. The summed E-state index contributed by atoms with van der Waals surface area (Å²) in [6.07, 6.45) is 3.16. The van der Waals surface area contributed by atoms with Crippen LogP contribution < -0.4 is 0 Å². The topological polar surface area (TPSA) is 9.23 Å². The van der Waals surface area contributed by atoms with Gasteiger partial charge in [-0.15, -0.1) is 0 Å². The summed E-state index contributed by atoms with van der Waals surface area (Å²) < 4.78 is 5.50. The van der Waals surface area contributed by atoms with Gasteiger partial charge in [0.25, 0.3) is 0 Å². The Labute approximate surface area is 63.8 Å². The quantitative estimate of drug-likeness (QED) is 0.586. The van der Waals surface area contributed by atoms with Crippen molar-refractivity contribution < 1.29 is 4.74 Å². The molecule has 0 aromatic heterocycles. The van der Waals surface area contributed by atoms with Crippen molar-refractivity contribution >= 4 is 0 Å². The number of hydrogen-bond donors (Lipinski definition) is 0. The molecule has 0 N–H and O–H groups in total. The van der Waals surface area contributed by atoms with Crippen molar-refractivity contribution in [2.75, 3.05) is 6.61 Å². The third-order valence-electron chi connectivity index (χ3n) is 2.24. The van der Waals surface area contributed by atoms with Crippen molar-refractivity contribution in [2.24, 2.45) is 11.8 Å². The second-order valence-electron chi connectivity index (χ2n) is 3.55. The number of rotatable bonds is 4. The lowest BCUT2D eigenvalue weighted by molar-refractivity contribution is 0.0679. The smallest absolute Gasteiger partial charge is 0.0519 e. The van der Waals surface area contributed by atoms with Crippen LogP contribution in [0.4, 0.5) is 0 Å². The maximum absolute atomic E-state index is 5.50. The number of hydrogen-bond acceptors (Lipinski definition) is 1. The Kier molecular flexibility index (Phi) is 2.72. The Morgan fingerprint density at radius 2 is 2.10 bits per heavy atom. The molecule has 0 amide bonds. The molecule has 10 heavy (non-hydrogen) atoms. The fourth-order valence-electron chi connectivity index (χ4n) is 1.33. The molecule has 1 aliphatic carbocycles. The second-order valence-corrected chi connectivity index (χ2v) is 3.55. The van der Waals surface area contributed by atoms with Gasteiger partial charge >= 0.3 is 0 Å². The molecule has 1 nitrogen and oxygen atoms in total. The molecule has 0 aromatic rings. The Hall–Kier alpha value is -0.0400. The van der Waals surface area contributed by atoms with Crippen molar-refractivity contribution in [1.29, 1.82) is 0 Å². The second kappa shape index (κ2) is 3.38. The van der Waals surface area contributed by atoms with Gasteiger partial charge in [-0.05, 0) is 32.1 Å². The highest BCUT2D eigenvalue weighted by Crippen LogP contribution is 2.41. The summed E-state index contributed by atoms with van der Waals surface area (Å²) in [6, 6.07) is 0. The van der Waals surface area contributed by atoms with Crippen LogP contribution in [0.2, 0.25) is 0 Å². The zero-order valence-electron chi connectivity index (χ0n) is 7.26. The van der Waals surface area contributed by atoms with Crippen molar-refractivity contribution in [3.63, 3.8) is 0 Å². The minimum Gasteiger partial charge on any atom is -0.378 e. The van der Waals surface area contributed by atoms with Crippen molar-refractivity contribution in [3.8, 4) is 0 Å². The van der Waals surface area contributed by atoms with E-state index in [-0.39, 0.29) is 0 Å². The summed E-state index contributed by atoms with van der Waals surface area (Å²) in [5, 5.41) is 0. The largest absolute Gasteiger partial charge is 0.378 e. The van der Waals surface area contributed by atoms with Crippen LogP contribution in [0.5, 0.6) is 0 Å². The van der Waals surface area contributed by atoms with Crippen LogP contribution in [0, 0.1) is 11.8 Å². The normalized spacial score (nSPS) is 31.2. The third-order valence-corrected chi connectivity index (χ3v) is 2.24. The lowest BCUT2D eigenvalue weighted by Crippen LogP contribution is -2.05. The Morgan fingerprint density at radius 1 is 1.40 bits per heavy atom. The van der Waals surface area contributed by atoms with Crippen LogP contribution in [0.25, 0.3) is 0 Å². The highest BCUT2D eigenvalue weighted by Gasteiger charge is 2.35. The van der Waals surface area contributed by atoms with Crippen LogP contribution in [0.3, 0.4) is 0 Å². The average molecular weight is 142 g/mol. The van der Waals surface area contributed by atoms with E-state index in [1.54, 1.807) is 0 Å². The van der Waals surface area contributed by atoms with Gasteiger partial charge in [-0.2, -0.15) is 0 Å². The van der Waals surface area contributed by atoms with Gasteiger partial charge in [-0.25, -0.2) is 0 Å². The van der Waals surface area contributed by atoms with Crippen molar-refractivity contribution in [1.82, 2.24) is 0 Å². The van der Waals surface area contributed by atoms with Gasteiger partial charge in [0.2, 0.25) is 0 Å². The van der Waals surface area contributed by atoms with Crippen LogP contribution in [-0.4, -0.2) is 12.7 Å². The van der Waals surface area contributed by atoms with Crippen LogP contribution in [0.1, 0.15) is 33.6 Å². The molecule has 0 radical (unpaired) electrons. The minimum absolute atomic E-state index is 0.415. The zero-order valence-corrected chi connectivity index (χ0v) is 7.26. The molecule has 1 fully saturated rings. The minimum atomic E-state index is 0.415. The van der Waals surface area contributed by atoms with Crippen molar-refractivity contribution in [2.45, 2.75) is 39.7 Å². The summed E-state index contributed by atoms with van der Waals surface area (Å²) in [5.41, 5.74) is 0. The van der Waals surface area contributed by atoms with Gasteiger partial charge in [0, 0.05) is 0 Å². The molecular formula is C9H18O. The first-order chi connectivity index (χ1) is 4.74. The Bertz CT molecular complexity index is 98.9. The van der Waals surface area contributed by atoms with Gasteiger partial charge < -0.3 is 4.74 Å². The van der Waals surface area contributed by atoms with E-state index < -0.39 is 0 Å². The molecule has 1 aliphatic rings. The monoisotopic (exact) mass is 142 g/mol. The molecule has 0 saturated heterocycles. The Balaban J connectivity index is 1.96. The van der Waals surface area contributed by atoms with E-state index in [9.17, 15) is 0 Å². The Morgan fingerprint density at radius 3 is 2.50 bits per heavy atom. The van der Waals surface area contributed by atoms with Crippen molar-refractivity contribution in [3.05, 3.63) is 0 Å². The summed E-state index contributed by atoms with van der Waals surface area (Å²) >= 11 is 0. The molecule has 1 heteroatoms. The highest BCUT2D eigenvalue weighted by molar-refractivity contribution is 4.84. The molecule has 0 heterocycles. The van der Waals surface area contributed by atoms with E-state index in [0.717, 1.165) is 18.4 Å². The van der Waals surface area contributed by atoms with Gasteiger partial charge in [-0.3, -0.25) is 0 Å². The predicted octanol–water partition coefficient (Wildman–Crippen LogP) is 2.46. The fourth-order valence-corrected chi connectivity index (χ4v) is 1.33. The van der Waals surface area contributed by atoms with Gasteiger partial charge in [0.15, 0.2) is 0 Å². The van der Waals surface area contributed by atoms with Gasteiger partial charge in [0.05, 0.1) is 12.7 Å². The fraction of sp³-hybridized carbons (Fsp3) is 1.00. The first kappa shape index (κ1) is 8.06. The lowest BCUT2D eigenvalue weighted by atomic mass is 10.3. The average Bonchev–Trinajstić information content (AvgIpc) is 2.61. The van der Waals surface area contributed by atoms with Crippen LogP contribution in [-0.2, 0) is 4.74 Å². The molecular weight excluding hydrogens is 124 g/mol. The van der Waals surface area contributed by atoms with Gasteiger partial charge in [-0.1, -0.05) is 13.3 Å². The van der Waals surface area contributed by atoms with E-state index in [2.05, 4.69) is 20.8 Å². The lowest BCUT2D eigenvalue weighted by Gasteiger charge is -2.05. The standard InChI is InChI=1S/C9H18O/c1-4-8-5-9(8)6-10-7(2)3/h7-9H,4-6H2,1-3H3. The van der Waals surface area contributed by atoms with E-state index in [0.29, 0.717) is 6.10 Å². The maximum Gasteiger partial charge on any atom is 0.0519 e. The zero-order chi connectivity index (χ0) is 7.56. The third kappa shape index (κ3) is 2.30. The van der Waals surface area contributed by atoms with E-state index >= 15 is 0 Å². The molecule has 2 unspecified atom stereocenters. The molecule has 0 aromatic carbocycles. The number of ether oxygens (including phenoxy) is 1. The molecule has 0 bridgehead atoms. The highest BCUT2D eigenvalue weighted by atomic mass is 16.5. The van der Waals surface area contributed by atoms with E-state index in [4.69, 9.17) is 4.74 Å². The van der Waals surface area contributed by atoms with E-state index in [1.807, 2.05) is 0 Å². The summed E-state index contributed by atoms with van der Waals surface area (Å²) in [6.45, 7) is 7.46. The summed E-state index contributed by atoms with van der Waals surface area (Å²) in [4.78, 5) is 0. The molecule has 60 valence electrons. The molecule has 1 rings (SSSR count). The maximum atomic E-state index is 5.50. The van der Waals surface area contributed by atoms with Crippen LogP contribution >= 0.6 is 0 Å². The molecule has 1 saturated carbocycles. The molecule has 0 spiro atoms. The summed E-state index contributed by atoms with van der Waals surface area (Å²) in [5.74, 6) is 1.88. The summed E-state index contributed by atoms with van der Waals surface area (Å²) in [7, 11) is 0. The molecule has 2 atom stereocenters. The SMILES string of the molecule is CCC1CC1COC(C)C. The first-order valence-corrected chi connectivity index (χ1v) is 4.35. The van der Waals surface area contributed by atoms with Crippen LogP contribution in [0.15, 0.2) is 0 Å². The first-order valence-electron chi connectivity index (χ1n) is 4.35. The molecule has 0 aliphatic heterocycles. The van der Waals surface area contributed by atoms with E-state index in [1.165, 1.54) is 12.8 Å². The van der Waals surface area contributed by atoms with Gasteiger partial charge in [0.1, 0.15) is 0 Å².